The molecule has 0 aliphatic rings. The second-order valence-corrected chi connectivity index (χ2v) is 1.97. The first-order valence-electron chi connectivity index (χ1n) is 2.96. The van der Waals surface area contributed by atoms with E-state index in [4.69, 9.17) is 10.3 Å². The number of anilines is 1. The molecule has 0 radical (unpaired) electrons. The predicted molar refractivity (Wildman–Crippen MR) is 35.0 cm³/mol. The van der Waals surface area contributed by atoms with Crippen molar-refractivity contribution in [3.8, 4) is 0 Å². The molecule has 9 heavy (non-hydrogen) atoms. The monoisotopic (exact) mass is 126 g/mol. The molecular weight excluding hydrogens is 116 g/mol. The molecule has 1 heterocycles. The molecule has 1 rings (SSSR count). The maximum Gasteiger partial charge on any atom is 0.169 e. The van der Waals surface area contributed by atoms with E-state index < -0.39 is 0 Å². The van der Waals surface area contributed by atoms with E-state index in [9.17, 15) is 0 Å². The maximum absolute atomic E-state index is 5.41. The van der Waals surface area contributed by atoms with Crippen molar-refractivity contribution >= 4 is 5.82 Å². The highest BCUT2D eigenvalue weighted by Crippen LogP contribution is 2.13. The van der Waals surface area contributed by atoms with Gasteiger partial charge in [-0.25, -0.2) is 0 Å². The van der Waals surface area contributed by atoms with Crippen LogP contribution in [-0.2, 0) is 6.42 Å². The molecule has 50 valence electrons. The van der Waals surface area contributed by atoms with Gasteiger partial charge in [-0.05, 0) is 6.92 Å². The van der Waals surface area contributed by atoms with Gasteiger partial charge in [0.05, 0.1) is 0 Å². The van der Waals surface area contributed by atoms with Crippen LogP contribution in [0.15, 0.2) is 4.52 Å². The first kappa shape index (κ1) is 6.13. The molecule has 2 N–H and O–H groups in total. The van der Waals surface area contributed by atoms with Crippen molar-refractivity contribution in [3.63, 3.8) is 0 Å². The van der Waals surface area contributed by atoms with E-state index in [2.05, 4.69) is 5.16 Å². The molecule has 0 saturated heterocycles. The van der Waals surface area contributed by atoms with E-state index in [-0.39, 0.29) is 0 Å². The minimum atomic E-state index is 0.506. The van der Waals surface area contributed by atoms with Crippen LogP contribution in [-0.4, -0.2) is 5.16 Å². The van der Waals surface area contributed by atoms with Crippen LogP contribution in [0.25, 0.3) is 0 Å². The minimum absolute atomic E-state index is 0.506. The Balaban J connectivity index is 3.04. The van der Waals surface area contributed by atoms with E-state index in [1.165, 1.54) is 0 Å². The number of aryl methyl sites for hydroxylation is 1. The van der Waals surface area contributed by atoms with Gasteiger partial charge in [-0.2, -0.15) is 0 Å². The lowest BCUT2D eigenvalue weighted by atomic mass is 10.2. The van der Waals surface area contributed by atoms with Crippen molar-refractivity contribution < 1.29 is 4.52 Å². The van der Waals surface area contributed by atoms with Gasteiger partial charge < -0.3 is 10.3 Å². The second kappa shape index (κ2) is 2.09. The molecule has 0 fully saturated rings. The highest BCUT2D eigenvalue weighted by atomic mass is 16.5. The predicted octanol–water partition coefficient (Wildman–Crippen LogP) is 1.13. The summed E-state index contributed by atoms with van der Waals surface area (Å²) in [7, 11) is 0. The Bertz CT molecular complexity index is 205. The summed E-state index contributed by atoms with van der Waals surface area (Å²) >= 11 is 0. The van der Waals surface area contributed by atoms with Gasteiger partial charge in [0.1, 0.15) is 5.76 Å². The highest BCUT2D eigenvalue weighted by molar-refractivity contribution is 5.38. The third-order valence-electron chi connectivity index (χ3n) is 1.38. The quantitative estimate of drug-likeness (QED) is 0.613. The Morgan fingerprint density at radius 1 is 1.67 bits per heavy atom. The fraction of sp³-hybridized carbons (Fsp3) is 0.500. The fourth-order valence-corrected chi connectivity index (χ4v) is 0.714. The van der Waals surface area contributed by atoms with E-state index in [0.717, 1.165) is 17.7 Å². The van der Waals surface area contributed by atoms with E-state index in [0.29, 0.717) is 5.82 Å². The van der Waals surface area contributed by atoms with Crippen molar-refractivity contribution in [2.24, 2.45) is 0 Å². The molecule has 0 saturated carbocycles. The Kier molecular flexibility index (Phi) is 1.42. The van der Waals surface area contributed by atoms with E-state index in [1.807, 2.05) is 13.8 Å². The largest absolute Gasteiger partial charge is 0.381 e. The number of hydrogen-bond acceptors (Lipinski definition) is 3. The Morgan fingerprint density at radius 3 is 2.56 bits per heavy atom. The lowest BCUT2D eigenvalue weighted by Gasteiger charge is -1.86. The van der Waals surface area contributed by atoms with Crippen LogP contribution >= 0.6 is 0 Å². The molecule has 0 amide bonds. The zero-order valence-electron chi connectivity index (χ0n) is 5.64. The topological polar surface area (TPSA) is 52.0 Å². The summed E-state index contributed by atoms with van der Waals surface area (Å²) in [6.45, 7) is 3.91. The standard InChI is InChI=1S/C6H10N2O/c1-3-5-4(2)6(7)8-9-5/h3H2,1-2H3,(H2,7,8). The van der Waals surface area contributed by atoms with Gasteiger partial charge in [0.2, 0.25) is 0 Å². The number of aromatic nitrogens is 1. The zero-order valence-corrected chi connectivity index (χ0v) is 5.64. The van der Waals surface area contributed by atoms with Crippen LogP contribution in [0.4, 0.5) is 5.82 Å². The lowest BCUT2D eigenvalue weighted by molar-refractivity contribution is 0.388. The molecule has 0 aliphatic heterocycles. The average Bonchev–Trinajstić information content (AvgIpc) is 2.15. The number of nitrogens with two attached hydrogens (primary N) is 1. The van der Waals surface area contributed by atoms with Gasteiger partial charge >= 0.3 is 0 Å². The average molecular weight is 126 g/mol. The Morgan fingerprint density at radius 2 is 2.33 bits per heavy atom. The van der Waals surface area contributed by atoms with Gasteiger partial charge in [-0.3, -0.25) is 0 Å². The molecule has 0 spiro atoms. The van der Waals surface area contributed by atoms with E-state index in [1.54, 1.807) is 0 Å². The summed E-state index contributed by atoms with van der Waals surface area (Å²) < 4.78 is 4.87. The summed E-state index contributed by atoms with van der Waals surface area (Å²) in [6, 6.07) is 0. The van der Waals surface area contributed by atoms with Gasteiger partial charge in [0, 0.05) is 12.0 Å². The first-order valence-corrected chi connectivity index (χ1v) is 2.96. The number of hydrogen-bond donors (Lipinski definition) is 1. The molecule has 3 heteroatoms. The SMILES string of the molecule is CCc1onc(N)c1C. The van der Waals surface area contributed by atoms with Crippen LogP contribution in [0.3, 0.4) is 0 Å². The van der Waals surface area contributed by atoms with Gasteiger partial charge in [-0.15, -0.1) is 0 Å². The highest BCUT2D eigenvalue weighted by Gasteiger charge is 2.04. The summed E-state index contributed by atoms with van der Waals surface area (Å²) in [4.78, 5) is 0. The van der Waals surface area contributed by atoms with Crippen molar-refractivity contribution in [2.45, 2.75) is 20.3 Å². The van der Waals surface area contributed by atoms with Crippen molar-refractivity contribution in [3.05, 3.63) is 11.3 Å². The molecule has 0 bridgehead atoms. The van der Waals surface area contributed by atoms with Gasteiger partial charge in [0.15, 0.2) is 5.82 Å². The normalized spacial score (nSPS) is 10.0. The van der Waals surface area contributed by atoms with Crippen molar-refractivity contribution in [1.82, 2.24) is 5.16 Å². The summed E-state index contributed by atoms with van der Waals surface area (Å²) in [5, 5.41) is 3.59. The molecule has 0 unspecified atom stereocenters. The molecule has 0 aromatic carbocycles. The van der Waals surface area contributed by atoms with Gasteiger partial charge in [0.25, 0.3) is 0 Å². The Hall–Kier alpha value is -0.990. The maximum atomic E-state index is 5.41. The van der Waals surface area contributed by atoms with Crippen molar-refractivity contribution in [2.75, 3.05) is 5.73 Å². The lowest BCUT2D eigenvalue weighted by Crippen LogP contribution is -1.86. The zero-order chi connectivity index (χ0) is 6.85. The summed E-state index contributed by atoms with van der Waals surface area (Å²) in [6.07, 6.45) is 0.857. The van der Waals surface area contributed by atoms with Crippen LogP contribution in [0.5, 0.6) is 0 Å². The number of rotatable bonds is 1. The first-order chi connectivity index (χ1) is 4.25. The molecule has 0 atom stereocenters. The third kappa shape index (κ3) is 0.896. The molecule has 1 aromatic rings. The van der Waals surface area contributed by atoms with Gasteiger partial charge in [-0.1, -0.05) is 12.1 Å². The second-order valence-electron chi connectivity index (χ2n) is 1.97. The smallest absolute Gasteiger partial charge is 0.169 e. The van der Waals surface area contributed by atoms with E-state index >= 15 is 0 Å². The molecule has 0 aliphatic carbocycles. The van der Waals surface area contributed by atoms with Crippen LogP contribution in [0, 0.1) is 6.92 Å². The minimum Gasteiger partial charge on any atom is -0.381 e. The number of nitrogens with zero attached hydrogens (tertiary/aromatic N) is 1. The number of nitrogen functional groups attached to an aromatic ring is 1. The molecule has 1 aromatic heterocycles. The third-order valence-corrected chi connectivity index (χ3v) is 1.38. The van der Waals surface area contributed by atoms with Crippen LogP contribution < -0.4 is 5.73 Å². The summed E-state index contributed by atoms with van der Waals surface area (Å²) in [5.41, 5.74) is 6.38. The molecule has 3 nitrogen and oxygen atoms in total. The molecular formula is C6H10N2O. The van der Waals surface area contributed by atoms with Crippen LogP contribution in [0.1, 0.15) is 18.2 Å². The fourth-order valence-electron chi connectivity index (χ4n) is 0.714. The Labute approximate surface area is 53.8 Å². The van der Waals surface area contributed by atoms with Crippen LogP contribution in [0.2, 0.25) is 0 Å². The summed E-state index contributed by atoms with van der Waals surface area (Å²) in [5.74, 6) is 1.39. The van der Waals surface area contributed by atoms with Crippen molar-refractivity contribution in [1.29, 1.82) is 0 Å².